The first-order valence-electron chi connectivity index (χ1n) is 9.04. The Morgan fingerprint density at radius 1 is 1.25 bits per heavy atom. The summed E-state index contributed by atoms with van der Waals surface area (Å²) in [6.45, 7) is 0.117. The number of nitrogens with zero attached hydrogens (tertiary/aromatic N) is 3. The van der Waals surface area contributed by atoms with Crippen molar-refractivity contribution in [2.45, 2.75) is 18.9 Å². The van der Waals surface area contributed by atoms with Gasteiger partial charge in [0.25, 0.3) is 0 Å². The molecule has 146 valence electrons. The molecule has 1 atom stereocenters. The van der Waals surface area contributed by atoms with Gasteiger partial charge in [-0.2, -0.15) is 10.1 Å². The summed E-state index contributed by atoms with van der Waals surface area (Å²) in [6, 6.07) is 9.71. The normalized spacial score (nSPS) is 15.5. The summed E-state index contributed by atoms with van der Waals surface area (Å²) in [5, 5.41) is 19.3. The summed E-state index contributed by atoms with van der Waals surface area (Å²) < 4.78 is 12.8. The van der Waals surface area contributed by atoms with Crippen LogP contribution < -0.4 is 14.8 Å². The van der Waals surface area contributed by atoms with Gasteiger partial charge >= 0.3 is 0 Å². The highest BCUT2D eigenvalue weighted by molar-refractivity contribution is 7.11. The maximum atomic E-state index is 9.13. The van der Waals surface area contributed by atoms with E-state index in [4.69, 9.17) is 14.6 Å². The molecule has 4 rings (SSSR count). The van der Waals surface area contributed by atoms with Gasteiger partial charge in [-0.1, -0.05) is 6.07 Å². The van der Waals surface area contributed by atoms with Gasteiger partial charge < -0.3 is 19.9 Å². The number of aliphatic hydroxyl groups is 1. The molecule has 0 saturated heterocycles. The molecule has 0 aliphatic carbocycles. The molecule has 3 heterocycles. The van der Waals surface area contributed by atoms with Crippen LogP contribution in [0, 0.1) is 0 Å². The smallest absolute Gasteiger partial charge is 0.226 e. The van der Waals surface area contributed by atoms with Crippen molar-refractivity contribution in [2.75, 3.05) is 26.1 Å². The SMILES string of the molecule is COc1ccc(C2C=C(c3cccs3)Nc3nc(CCCO)nn32)c(OC)c1. The van der Waals surface area contributed by atoms with Crippen molar-refractivity contribution in [3.05, 3.63) is 58.1 Å². The van der Waals surface area contributed by atoms with E-state index in [9.17, 15) is 0 Å². The Morgan fingerprint density at radius 3 is 2.86 bits per heavy atom. The van der Waals surface area contributed by atoms with Gasteiger partial charge in [0.15, 0.2) is 5.82 Å². The zero-order valence-corrected chi connectivity index (χ0v) is 16.6. The number of nitrogens with one attached hydrogen (secondary N) is 1. The number of hydrogen-bond acceptors (Lipinski definition) is 7. The molecule has 1 aliphatic heterocycles. The number of aryl methyl sites for hydroxylation is 1. The summed E-state index contributed by atoms with van der Waals surface area (Å²) in [5.74, 6) is 2.85. The fourth-order valence-electron chi connectivity index (χ4n) is 3.24. The molecule has 3 aromatic rings. The van der Waals surface area contributed by atoms with Crippen molar-refractivity contribution >= 4 is 23.0 Å². The van der Waals surface area contributed by atoms with Crippen LogP contribution in [0.3, 0.4) is 0 Å². The van der Waals surface area contributed by atoms with Crippen molar-refractivity contribution < 1.29 is 14.6 Å². The van der Waals surface area contributed by atoms with E-state index in [-0.39, 0.29) is 12.6 Å². The predicted molar refractivity (Wildman–Crippen MR) is 109 cm³/mol. The van der Waals surface area contributed by atoms with Gasteiger partial charge in [0.2, 0.25) is 5.95 Å². The average Bonchev–Trinajstić information content (AvgIpc) is 3.40. The van der Waals surface area contributed by atoms with Gasteiger partial charge in [-0.25, -0.2) is 4.68 Å². The Hall–Kier alpha value is -2.84. The van der Waals surface area contributed by atoms with E-state index in [1.54, 1.807) is 25.6 Å². The molecule has 0 spiro atoms. The Morgan fingerprint density at radius 2 is 2.14 bits per heavy atom. The van der Waals surface area contributed by atoms with Crippen LogP contribution in [0.15, 0.2) is 41.8 Å². The second kappa shape index (κ2) is 8.04. The number of thiophene rings is 1. The Kier molecular flexibility index (Phi) is 5.31. The third-order valence-corrected chi connectivity index (χ3v) is 5.52. The molecule has 2 aromatic heterocycles. The number of ether oxygens (including phenoxy) is 2. The molecule has 8 heteroatoms. The Balaban J connectivity index is 1.80. The van der Waals surface area contributed by atoms with Crippen molar-refractivity contribution in [1.29, 1.82) is 0 Å². The number of methoxy groups -OCH3 is 2. The monoisotopic (exact) mass is 398 g/mol. The van der Waals surface area contributed by atoms with Crippen molar-refractivity contribution in [1.82, 2.24) is 14.8 Å². The van der Waals surface area contributed by atoms with E-state index in [1.807, 2.05) is 34.3 Å². The topological polar surface area (TPSA) is 81.4 Å². The number of fused-ring (bicyclic) bond motifs is 1. The van der Waals surface area contributed by atoms with E-state index in [1.165, 1.54) is 0 Å². The van der Waals surface area contributed by atoms with E-state index < -0.39 is 0 Å². The van der Waals surface area contributed by atoms with Crippen LogP contribution in [0.1, 0.15) is 28.7 Å². The molecule has 0 radical (unpaired) electrons. The minimum absolute atomic E-state index is 0.117. The summed E-state index contributed by atoms with van der Waals surface area (Å²) in [7, 11) is 3.29. The number of rotatable bonds is 7. The summed E-state index contributed by atoms with van der Waals surface area (Å²) in [4.78, 5) is 5.77. The van der Waals surface area contributed by atoms with Crippen LogP contribution >= 0.6 is 11.3 Å². The highest BCUT2D eigenvalue weighted by Gasteiger charge is 2.27. The van der Waals surface area contributed by atoms with E-state index in [0.29, 0.717) is 24.6 Å². The van der Waals surface area contributed by atoms with Gasteiger partial charge in [0, 0.05) is 24.7 Å². The molecule has 28 heavy (non-hydrogen) atoms. The minimum atomic E-state index is -0.176. The van der Waals surface area contributed by atoms with Gasteiger partial charge in [-0.3, -0.25) is 0 Å². The maximum Gasteiger partial charge on any atom is 0.226 e. The molecule has 1 aromatic carbocycles. The van der Waals surface area contributed by atoms with Crippen molar-refractivity contribution in [3.63, 3.8) is 0 Å². The highest BCUT2D eigenvalue weighted by atomic mass is 32.1. The van der Waals surface area contributed by atoms with Crippen molar-refractivity contribution in [3.8, 4) is 11.5 Å². The lowest BCUT2D eigenvalue weighted by atomic mass is 10.0. The van der Waals surface area contributed by atoms with Crippen LogP contribution in [0.5, 0.6) is 11.5 Å². The molecular weight excluding hydrogens is 376 g/mol. The molecule has 2 N–H and O–H groups in total. The first-order valence-corrected chi connectivity index (χ1v) is 9.92. The highest BCUT2D eigenvalue weighted by Crippen LogP contribution is 2.38. The van der Waals surface area contributed by atoms with Crippen LogP contribution in [0.25, 0.3) is 5.70 Å². The third kappa shape index (κ3) is 3.48. The number of aliphatic hydroxyl groups excluding tert-OH is 1. The Labute approximate surface area is 167 Å². The minimum Gasteiger partial charge on any atom is -0.497 e. The lowest BCUT2D eigenvalue weighted by Crippen LogP contribution is -2.20. The first kappa shape index (κ1) is 18.5. The van der Waals surface area contributed by atoms with Gasteiger partial charge in [0.1, 0.15) is 17.5 Å². The number of allylic oxidation sites excluding steroid dienone is 1. The van der Waals surface area contributed by atoms with Gasteiger partial charge in [-0.05, 0) is 36.1 Å². The second-order valence-electron chi connectivity index (χ2n) is 6.36. The predicted octanol–water partition coefficient (Wildman–Crippen LogP) is 3.34. The quantitative estimate of drug-likeness (QED) is 0.635. The standard InChI is InChI=1S/C20H22N4O3S/c1-26-13-7-8-14(17(11-13)27-2)16-12-15(18-5-4-10-28-18)21-20-22-19(6-3-9-25)23-24(16)20/h4-5,7-8,10-12,16,25H,3,6,9H2,1-2H3,(H,21,22,23). The van der Waals surface area contributed by atoms with Crippen LogP contribution in [-0.4, -0.2) is 40.7 Å². The van der Waals surface area contributed by atoms with Gasteiger partial charge in [-0.15, -0.1) is 11.3 Å². The second-order valence-corrected chi connectivity index (χ2v) is 7.31. The lowest BCUT2D eigenvalue weighted by molar-refractivity contribution is 0.287. The van der Waals surface area contributed by atoms with Crippen LogP contribution in [0.4, 0.5) is 5.95 Å². The fraction of sp³-hybridized carbons (Fsp3) is 0.300. The molecule has 1 aliphatic rings. The molecule has 0 amide bonds. The fourth-order valence-corrected chi connectivity index (χ4v) is 3.95. The molecule has 0 saturated carbocycles. The molecule has 7 nitrogen and oxygen atoms in total. The number of benzene rings is 1. The number of hydrogen-bond donors (Lipinski definition) is 2. The van der Waals surface area contributed by atoms with Gasteiger partial charge in [0.05, 0.1) is 24.8 Å². The van der Waals surface area contributed by atoms with Crippen LogP contribution in [0.2, 0.25) is 0 Å². The zero-order chi connectivity index (χ0) is 19.5. The third-order valence-electron chi connectivity index (χ3n) is 4.61. The van der Waals surface area contributed by atoms with E-state index in [0.717, 1.165) is 27.6 Å². The average molecular weight is 398 g/mol. The summed E-state index contributed by atoms with van der Waals surface area (Å²) >= 11 is 1.67. The molecule has 0 fully saturated rings. The Bertz CT molecular complexity index is 982. The van der Waals surface area contributed by atoms with Crippen LogP contribution in [-0.2, 0) is 6.42 Å². The largest absolute Gasteiger partial charge is 0.497 e. The first-order chi connectivity index (χ1) is 13.7. The number of anilines is 1. The molecular formula is C20H22N4O3S. The van der Waals surface area contributed by atoms with Crippen molar-refractivity contribution in [2.24, 2.45) is 0 Å². The summed E-state index contributed by atoms with van der Waals surface area (Å²) in [6.07, 6.45) is 3.39. The summed E-state index contributed by atoms with van der Waals surface area (Å²) in [5.41, 5.74) is 1.96. The molecule has 0 bridgehead atoms. The number of aromatic nitrogens is 3. The maximum absolute atomic E-state index is 9.13. The lowest BCUT2D eigenvalue weighted by Gasteiger charge is -2.25. The van der Waals surface area contributed by atoms with E-state index in [2.05, 4.69) is 27.5 Å². The molecule has 1 unspecified atom stereocenters. The van der Waals surface area contributed by atoms with E-state index >= 15 is 0 Å². The zero-order valence-electron chi connectivity index (χ0n) is 15.8.